The summed E-state index contributed by atoms with van der Waals surface area (Å²) in [6, 6.07) is 0. The fourth-order valence-electron chi connectivity index (χ4n) is 1.65. The minimum atomic E-state index is 0.774. The van der Waals surface area contributed by atoms with E-state index in [4.69, 9.17) is 0 Å². The van der Waals surface area contributed by atoms with Crippen LogP contribution in [0.5, 0.6) is 0 Å². The predicted molar refractivity (Wildman–Crippen MR) is 52.5 cm³/mol. The van der Waals surface area contributed by atoms with Crippen LogP contribution in [-0.2, 0) is 13.1 Å². The minimum Gasteiger partial charge on any atom is -0.310 e. The Bertz CT molecular complexity index is 278. The number of tetrazole rings is 1. The molecule has 0 aromatic carbocycles. The average Bonchev–Trinajstić information content (AvgIpc) is 2.55. The van der Waals surface area contributed by atoms with Crippen molar-refractivity contribution in [1.82, 2.24) is 25.5 Å². The van der Waals surface area contributed by atoms with Gasteiger partial charge in [0, 0.05) is 6.54 Å². The molecule has 0 spiro atoms. The minimum absolute atomic E-state index is 0.774. The molecule has 0 unspecified atom stereocenters. The van der Waals surface area contributed by atoms with Gasteiger partial charge in [-0.2, -0.15) is 0 Å². The lowest BCUT2D eigenvalue weighted by Gasteiger charge is -2.25. The van der Waals surface area contributed by atoms with Gasteiger partial charge in [-0.05, 0) is 35.7 Å². The molecule has 14 heavy (non-hydrogen) atoms. The highest BCUT2D eigenvalue weighted by Crippen LogP contribution is 2.27. The molecule has 1 aliphatic carbocycles. The number of aromatic nitrogens is 4. The highest BCUT2D eigenvalue weighted by molar-refractivity contribution is 4.81. The van der Waals surface area contributed by atoms with E-state index >= 15 is 0 Å². The zero-order valence-electron chi connectivity index (χ0n) is 8.61. The van der Waals surface area contributed by atoms with Gasteiger partial charge in [0.25, 0.3) is 0 Å². The van der Waals surface area contributed by atoms with Gasteiger partial charge in [0.05, 0.1) is 6.54 Å². The SMILES string of the molecule is CCNCc1nnnn1CC1CCC1. The van der Waals surface area contributed by atoms with Crippen LogP contribution in [0.3, 0.4) is 0 Å². The van der Waals surface area contributed by atoms with E-state index in [1.54, 1.807) is 0 Å². The third kappa shape index (κ3) is 2.09. The molecule has 1 aliphatic rings. The Morgan fingerprint density at radius 2 is 2.36 bits per heavy atom. The molecule has 0 radical (unpaired) electrons. The summed E-state index contributed by atoms with van der Waals surface area (Å²) in [6.07, 6.45) is 4.04. The normalized spacial score (nSPS) is 16.9. The van der Waals surface area contributed by atoms with E-state index in [0.29, 0.717) is 0 Å². The summed E-state index contributed by atoms with van der Waals surface area (Å²) in [5.41, 5.74) is 0. The van der Waals surface area contributed by atoms with Crippen molar-refractivity contribution in [3.8, 4) is 0 Å². The highest BCUT2D eigenvalue weighted by atomic mass is 15.5. The van der Waals surface area contributed by atoms with Gasteiger partial charge in [-0.25, -0.2) is 4.68 Å². The summed E-state index contributed by atoms with van der Waals surface area (Å²) in [4.78, 5) is 0. The Morgan fingerprint density at radius 3 is 3.00 bits per heavy atom. The monoisotopic (exact) mass is 195 g/mol. The quantitative estimate of drug-likeness (QED) is 0.747. The highest BCUT2D eigenvalue weighted by Gasteiger charge is 2.19. The number of nitrogens with zero attached hydrogens (tertiary/aromatic N) is 4. The summed E-state index contributed by atoms with van der Waals surface area (Å²) in [5, 5.41) is 15.0. The van der Waals surface area contributed by atoms with Crippen LogP contribution in [0.1, 0.15) is 32.0 Å². The van der Waals surface area contributed by atoms with E-state index in [-0.39, 0.29) is 0 Å². The maximum absolute atomic E-state index is 4.01. The van der Waals surface area contributed by atoms with E-state index in [2.05, 4.69) is 27.8 Å². The molecule has 1 N–H and O–H groups in total. The van der Waals surface area contributed by atoms with Crippen LogP contribution in [0.4, 0.5) is 0 Å². The number of hydrogen-bond acceptors (Lipinski definition) is 4. The first kappa shape index (κ1) is 9.58. The summed E-state index contributed by atoms with van der Waals surface area (Å²) in [5.74, 6) is 1.76. The molecular weight excluding hydrogens is 178 g/mol. The van der Waals surface area contributed by atoms with Crippen molar-refractivity contribution in [2.24, 2.45) is 5.92 Å². The molecule has 1 saturated carbocycles. The van der Waals surface area contributed by atoms with Crippen molar-refractivity contribution < 1.29 is 0 Å². The molecule has 0 atom stereocenters. The molecule has 0 saturated heterocycles. The van der Waals surface area contributed by atoms with Crippen LogP contribution < -0.4 is 5.32 Å². The second-order valence-corrected chi connectivity index (χ2v) is 3.85. The first-order valence-electron chi connectivity index (χ1n) is 5.36. The molecule has 5 nitrogen and oxygen atoms in total. The van der Waals surface area contributed by atoms with Gasteiger partial charge in [0.15, 0.2) is 5.82 Å². The Morgan fingerprint density at radius 1 is 1.50 bits per heavy atom. The summed E-state index contributed by atoms with van der Waals surface area (Å²) in [6.45, 7) is 4.81. The maximum atomic E-state index is 4.01. The second kappa shape index (κ2) is 4.50. The van der Waals surface area contributed by atoms with Gasteiger partial charge in [0.1, 0.15) is 0 Å². The standard InChI is InChI=1S/C9H17N5/c1-2-10-6-9-11-12-13-14(9)7-8-4-3-5-8/h8,10H,2-7H2,1H3. The largest absolute Gasteiger partial charge is 0.310 e. The maximum Gasteiger partial charge on any atom is 0.165 e. The third-order valence-electron chi connectivity index (χ3n) is 2.80. The molecule has 2 rings (SSSR count). The first-order chi connectivity index (χ1) is 6.90. The van der Waals surface area contributed by atoms with Crippen molar-refractivity contribution in [1.29, 1.82) is 0 Å². The van der Waals surface area contributed by atoms with Crippen LogP contribution in [0.2, 0.25) is 0 Å². The number of rotatable bonds is 5. The van der Waals surface area contributed by atoms with Crippen molar-refractivity contribution in [2.45, 2.75) is 39.3 Å². The predicted octanol–water partition coefficient (Wildman–Crippen LogP) is 0.583. The Kier molecular flexibility index (Phi) is 3.08. The molecule has 0 aliphatic heterocycles. The Labute approximate surface area is 83.9 Å². The molecular formula is C9H17N5. The molecule has 1 heterocycles. The van der Waals surface area contributed by atoms with E-state index in [1.165, 1.54) is 19.3 Å². The van der Waals surface area contributed by atoms with Crippen LogP contribution in [0.25, 0.3) is 0 Å². The molecule has 78 valence electrons. The van der Waals surface area contributed by atoms with Gasteiger partial charge in [-0.15, -0.1) is 5.10 Å². The van der Waals surface area contributed by atoms with E-state index in [1.807, 2.05) is 4.68 Å². The molecule has 1 fully saturated rings. The molecule has 1 aromatic rings. The third-order valence-corrected chi connectivity index (χ3v) is 2.80. The summed E-state index contributed by atoms with van der Waals surface area (Å²) < 4.78 is 1.94. The van der Waals surface area contributed by atoms with Crippen LogP contribution in [0, 0.1) is 5.92 Å². The van der Waals surface area contributed by atoms with Crippen LogP contribution in [0.15, 0.2) is 0 Å². The lowest BCUT2D eigenvalue weighted by molar-refractivity contribution is 0.260. The van der Waals surface area contributed by atoms with Crippen molar-refractivity contribution in [2.75, 3.05) is 6.54 Å². The van der Waals surface area contributed by atoms with Gasteiger partial charge >= 0.3 is 0 Å². The first-order valence-corrected chi connectivity index (χ1v) is 5.36. The van der Waals surface area contributed by atoms with E-state index < -0.39 is 0 Å². The molecule has 0 bridgehead atoms. The lowest BCUT2D eigenvalue weighted by atomic mass is 9.85. The Balaban J connectivity index is 1.90. The van der Waals surface area contributed by atoms with Gasteiger partial charge in [-0.1, -0.05) is 13.3 Å². The zero-order chi connectivity index (χ0) is 9.80. The number of hydrogen-bond donors (Lipinski definition) is 1. The second-order valence-electron chi connectivity index (χ2n) is 3.85. The summed E-state index contributed by atoms with van der Waals surface area (Å²) >= 11 is 0. The molecule has 0 amide bonds. The molecule has 5 heteroatoms. The fourth-order valence-corrected chi connectivity index (χ4v) is 1.65. The van der Waals surface area contributed by atoms with Crippen molar-refractivity contribution >= 4 is 0 Å². The van der Waals surface area contributed by atoms with Crippen LogP contribution >= 0.6 is 0 Å². The average molecular weight is 195 g/mol. The smallest absolute Gasteiger partial charge is 0.165 e. The number of nitrogens with one attached hydrogen (secondary N) is 1. The lowest BCUT2D eigenvalue weighted by Crippen LogP contribution is -2.23. The van der Waals surface area contributed by atoms with Gasteiger partial charge in [-0.3, -0.25) is 0 Å². The van der Waals surface area contributed by atoms with Crippen molar-refractivity contribution in [3.05, 3.63) is 5.82 Å². The Hall–Kier alpha value is -0.970. The van der Waals surface area contributed by atoms with Gasteiger partial charge in [0.2, 0.25) is 0 Å². The van der Waals surface area contributed by atoms with Gasteiger partial charge < -0.3 is 5.32 Å². The van der Waals surface area contributed by atoms with E-state index in [0.717, 1.165) is 31.4 Å². The van der Waals surface area contributed by atoms with Crippen LogP contribution in [-0.4, -0.2) is 26.8 Å². The molecule has 1 aromatic heterocycles. The zero-order valence-corrected chi connectivity index (χ0v) is 8.61. The summed E-state index contributed by atoms with van der Waals surface area (Å²) in [7, 11) is 0. The topological polar surface area (TPSA) is 55.6 Å². The van der Waals surface area contributed by atoms with Crippen molar-refractivity contribution in [3.63, 3.8) is 0 Å². The van der Waals surface area contributed by atoms with E-state index in [9.17, 15) is 0 Å². The fraction of sp³-hybridized carbons (Fsp3) is 0.889.